The van der Waals surface area contributed by atoms with Gasteiger partial charge in [-0.2, -0.15) is 0 Å². The summed E-state index contributed by atoms with van der Waals surface area (Å²) >= 11 is 0. The van der Waals surface area contributed by atoms with Crippen LogP contribution < -0.4 is 5.32 Å². The van der Waals surface area contributed by atoms with Crippen molar-refractivity contribution in [2.45, 2.75) is 57.7 Å². The van der Waals surface area contributed by atoms with Crippen LogP contribution in [0, 0.1) is 0 Å². The van der Waals surface area contributed by atoms with Crippen LogP contribution >= 0.6 is 0 Å². The molecule has 2 saturated heterocycles. The van der Waals surface area contributed by atoms with Gasteiger partial charge in [-0.25, -0.2) is 8.42 Å². The van der Waals surface area contributed by atoms with Crippen LogP contribution in [0.3, 0.4) is 0 Å². The summed E-state index contributed by atoms with van der Waals surface area (Å²) in [6, 6.07) is 1.07. The van der Waals surface area contributed by atoms with Crippen LogP contribution in [0.5, 0.6) is 0 Å². The first kappa shape index (κ1) is 14.3. The van der Waals surface area contributed by atoms with Crippen molar-refractivity contribution in [3.05, 3.63) is 0 Å². The van der Waals surface area contributed by atoms with Crippen LogP contribution in [0.2, 0.25) is 0 Å². The van der Waals surface area contributed by atoms with Crippen LogP contribution in [-0.2, 0) is 9.84 Å². The molecule has 0 aromatic carbocycles. The molecule has 0 bridgehead atoms. The van der Waals surface area contributed by atoms with Gasteiger partial charge in [0.1, 0.15) is 0 Å². The van der Waals surface area contributed by atoms with Crippen LogP contribution in [0.1, 0.15) is 40.0 Å². The number of nitrogens with zero attached hydrogens (tertiary/aromatic N) is 1. The molecule has 0 saturated carbocycles. The largest absolute Gasteiger partial charge is 0.314 e. The molecular weight excluding hydrogens is 248 g/mol. The zero-order valence-electron chi connectivity index (χ0n) is 11.8. The molecule has 106 valence electrons. The summed E-state index contributed by atoms with van der Waals surface area (Å²) < 4.78 is 23.4. The number of rotatable bonds is 3. The Morgan fingerprint density at radius 2 is 2.17 bits per heavy atom. The van der Waals surface area contributed by atoms with Crippen LogP contribution in [0.4, 0.5) is 0 Å². The topological polar surface area (TPSA) is 49.4 Å². The second-order valence-electron chi connectivity index (χ2n) is 6.16. The van der Waals surface area contributed by atoms with Gasteiger partial charge in [0.25, 0.3) is 0 Å². The molecule has 5 heteroatoms. The molecular formula is C13H26N2O2S. The van der Waals surface area contributed by atoms with E-state index in [0.29, 0.717) is 23.6 Å². The van der Waals surface area contributed by atoms with Crippen molar-refractivity contribution in [3.8, 4) is 0 Å². The lowest BCUT2D eigenvalue weighted by atomic mass is 9.90. The fourth-order valence-corrected chi connectivity index (χ4v) is 5.82. The molecule has 0 radical (unpaired) electrons. The molecule has 3 unspecified atom stereocenters. The lowest BCUT2D eigenvalue weighted by molar-refractivity contribution is 0.0412. The number of hydrogen-bond donors (Lipinski definition) is 1. The third kappa shape index (κ3) is 2.89. The Hall–Kier alpha value is -0.130. The maximum Gasteiger partial charge on any atom is 0.152 e. The van der Waals surface area contributed by atoms with E-state index in [1.165, 1.54) is 0 Å². The second kappa shape index (κ2) is 5.10. The summed E-state index contributed by atoms with van der Waals surface area (Å²) in [7, 11) is -2.81. The van der Waals surface area contributed by atoms with Gasteiger partial charge in [-0.15, -0.1) is 0 Å². The lowest BCUT2D eigenvalue weighted by Crippen LogP contribution is -2.57. The third-order valence-corrected chi connectivity index (χ3v) is 6.43. The molecule has 2 aliphatic heterocycles. The molecule has 2 rings (SSSR count). The lowest BCUT2D eigenvalue weighted by Gasteiger charge is -2.46. The van der Waals surface area contributed by atoms with Gasteiger partial charge in [-0.1, -0.05) is 6.92 Å². The fraction of sp³-hybridized carbons (Fsp3) is 1.00. The highest BCUT2D eigenvalue weighted by molar-refractivity contribution is 7.91. The molecule has 18 heavy (non-hydrogen) atoms. The van der Waals surface area contributed by atoms with Crippen molar-refractivity contribution < 1.29 is 8.42 Å². The molecule has 3 atom stereocenters. The van der Waals surface area contributed by atoms with Crippen molar-refractivity contribution in [1.29, 1.82) is 0 Å². The van der Waals surface area contributed by atoms with Crippen LogP contribution in [0.25, 0.3) is 0 Å². The second-order valence-corrected chi connectivity index (χ2v) is 8.34. The highest BCUT2D eigenvalue weighted by atomic mass is 32.2. The van der Waals surface area contributed by atoms with Gasteiger partial charge in [0, 0.05) is 24.2 Å². The van der Waals surface area contributed by atoms with E-state index in [0.717, 1.165) is 32.4 Å². The van der Waals surface area contributed by atoms with Gasteiger partial charge >= 0.3 is 0 Å². The summed E-state index contributed by atoms with van der Waals surface area (Å²) in [5.74, 6) is 0.708. The highest BCUT2D eigenvalue weighted by Gasteiger charge is 2.45. The third-order valence-electron chi connectivity index (χ3n) is 4.54. The minimum Gasteiger partial charge on any atom is -0.314 e. The Kier molecular flexibility index (Phi) is 4.04. The molecule has 0 spiro atoms. The number of piperidine rings is 1. The van der Waals surface area contributed by atoms with E-state index < -0.39 is 9.84 Å². The van der Waals surface area contributed by atoms with Crippen LogP contribution in [-0.4, -0.2) is 55.5 Å². The zero-order valence-corrected chi connectivity index (χ0v) is 12.6. The number of nitrogens with one attached hydrogen (secondary N) is 1. The van der Waals surface area contributed by atoms with E-state index >= 15 is 0 Å². The standard InChI is InChI=1S/C13H26N2O2S/c1-4-14-12-5-7-15(11(2)9-12)13(3)6-8-18(16,17)10-13/h11-12,14H,4-10H2,1-3H3. The van der Waals surface area contributed by atoms with Crippen molar-refractivity contribution in [3.63, 3.8) is 0 Å². The summed E-state index contributed by atoms with van der Waals surface area (Å²) in [5, 5.41) is 3.51. The Morgan fingerprint density at radius 1 is 1.44 bits per heavy atom. The average Bonchev–Trinajstić information content (AvgIpc) is 2.54. The van der Waals surface area contributed by atoms with Gasteiger partial charge in [0.2, 0.25) is 0 Å². The fourth-order valence-electron chi connectivity index (χ4n) is 3.67. The number of hydrogen-bond acceptors (Lipinski definition) is 4. The van der Waals surface area contributed by atoms with Crippen molar-refractivity contribution >= 4 is 9.84 Å². The smallest absolute Gasteiger partial charge is 0.152 e. The van der Waals surface area contributed by atoms with E-state index in [-0.39, 0.29) is 5.54 Å². The average molecular weight is 274 g/mol. The van der Waals surface area contributed by atoms with E-state index in [9.17, 15) is 8.42 Å². The predicted molar refractivity (Wildman–Crippen MR) is 74.5 cm³/mol. The molecule has 0 amide bonds. The van der Waals surface area contributed by atoms with E-state index in [4.69, 9.17) is 0 Å². The first-order valence-corrected chi connectivity index (χ1v) is 8.89. The molecule has 0 aromatic rings. The van der Waals surface area contributed by atoms with Crippen molar-refractivity contribution in [2.75, 3.05) is 24.6 Å². The zero-order chi connectivity index (χ0) is 13.4. The van der Waals surface area contributed by atoms with E-state index in [1.807, 2.05) is 0 Å². The minimum absolute atomic E-state index is 0.130. The summed E-state index contributed by atoms with van der Waals surface area (Å²) in [4.78, 5) is 2.44. The Balaban J connectivity index is 2.03. The van der Waals surface area contributed by atoms with Gasteiger partial charge in [-0.3, -0.25) is 4.90 Å². The predicted octanol–water partition coefficient (Wildman–Crippen LogP) is 1.03. The quantitative estimate of drug-likeness (QED) is 0.835. The van der Waals surface area contributed by atoms with Gasteiger partial charge in [0.05, 0.1) is 11.5 Å². The minimum atomic E-state index is -2.81. The summed E-state index contributed by atoms with van der Waals surface area (Å²) in [6.45, 7) is 8.54. The normalized spacial score (nSPS) is 41.1. The van der Waals surface area contributed by atoms with Gasteiger partial charge in [-0.05, 0) is 39.7 Å². The maximum atomic E-state index is 11.7. The molecule has 2 fully saturated rings. The van der Waals surface area contributed by atoms with Crippen molar-refractivity contribution in [2.24, 2.45) is 0 Å². The Labute approximate surface area is 111 Å². The monoisotopic (exact) mass is 274 g/mol. The maximum absolute atomic E-state index is 11.7. The molecule has 0 aromatic heterocycles. The van der Waals surface area contributed by atoms with Gasteiger partial charge < -0.3 is 5.32 Å². The Morgan fingerprint density at radius 3 is 2.67 bits per heavy atom. The van der Waals surface area contributed by atoms with E-state index in [2.05, 4.69) is 31.0 Å². The summed E-state index contributed by atoms with van der Waals surface area (Å²) in [6.07, 6.45) is 3.06. The molecule has 2 aliphatic rings. The van der Waals surface area contributed by atoms with Gasteiger partial charge in [0.15, 0.2) is 9.84 Å². The number of sulfone groups is 1. The van der Waals surface area contributed by atoms with Crippen molar-refractivity contribution in [1.82, 2.24) is 10.2 Å². The first-order valence-electron chi connectivity index (χ1n) is 7.07. The molecule has 2 heterocycles. The van der Waals surface area contributed by atoms with Crippen LogP contribution in [0.15, 0.2) is 0 Å². The SMILES string of the molecule is CCNC1CCN(C2(C)CCS(=O)(=O)C2)C(C)C1. The molecule has 0 aliphatic carbocycles. The first-order chi connectivity index (χ1) is 8.36. The summed E-state index contributed by atoms with van der Waals surface area (Å²) in [5.41, 5.74) is -0.130. The Bertz CT molecular complexity index is 396. The van der Waals surface area contributed by atoms with E-state index in [1.54, 1.807) is 0 Å². The molecule has 1 N–H and O–H groups in total. The highest BCUT2D eigenvalue weighted by Crippen LogP contribution is 2.34. The number of likely N-dealkylation sites (tertiary alicyclic amines) is 1. The molecule has 4 nitrogen and oxygen atoms in total.